The lowest BCUT2D eigenvalue weighted by Crippen LogP contribution is -2.04. The number of anilines is 1. The second-order valence-electron chi connectivity index (χ2n) is 4.77. The van der Waals surface area contributed by atoms with E-state index in [0.717, 1.165) is 48.1 Å². The van der Waals surface area contributed by atoms with E-state index in [-0.39, 0.29) is 0 Å². The molecule has 0 radical (unpaired) electrons. The van der Waals surface area contributed by atoms with Crippen molar-refractivity contribution >= 4 is 5.82 Å². The summed E-state index contributed by atoms with van der Waals surface area (Å²) in [6.07, 6.45) is 1.00. The van der Waals surface area contributed by atoms with E-state index in [1.807, 2.05) is 22.9 Å². The molecule has 0 fully saturated rings. The van der Waals surface area contributed by atoms with Gasteiger partial charge in [-0.15, -0.1) is 0 Å². The standard InChI is InChI=1S/C15H19N3O2/c1-4-18-15-13(5-6-16-15)14(17-18)10-7-11(19-2)9-12(8-10)20-3/h7-9,16H,4-6H2,1-3H3. The minimum Gasteiger partial charge on any atom is -0.497 e. The molecule has 1 aliphatic rings. The zero-order valence-electron chi connectivity index (χ0n) is 12.1. The van der Waals surface area contributed by atoms with Crippen molar-refractivity contribution in [2.45, 2.75) is 19.9 Å². The first-order valence-electron chi connectivity index (χ1n) is 6.83. The molecule has 3 rings (SSSR count). The molecule has 1 N–H and O–H groups in total. The SMILES string of the molecule is CCn1nc(-c2cc(OC)cc(OC)c2)c2c1NCC2. The van der Waals surface area contributed by atoms with E-state index in [2.05, 4.69) is 12.2 Å². The highest BCUT2D eigenvalue weighted by Crippen LogP contribution is 2.36. The molecule has 0 saturated carbocycles. The summed E-state index contributed by atoms with van der Waals surface area (Å²) >= 11 is 0. The number of hydrogen-bond donors (Lipinski definition) is 1. The highest BCUT2D eigenvalue weighted by Gasteiger charge is 2.23. The largest absolute Gasteiger partial charge is 0.497 e. The van der Waals surface area contributed by atoms with Gasteiger partial charge in [-0.05, 0) is 25.5 Å². The predicted octanol–water partition coefficient (Wildman–Crippen LogP) is 2.56. The van der Waals surface area contributed by atoms with Crippen LogP contribution in [0.15, 0.2) is 18.2 Å². The minimum atomic E-state index is 0.783. The summed E-state index contributed by atoms with van der Waals surface area (Å²) in [7, 11) is 3.32. The van der Waals surface area contributed by atoms with Crippen molar-refractivity contribution in [3.63, 3.8) is 0 Å². The maximum atomic E-state index is 5.34. The van der Waals surface area contributed by atoms with Gasteiger partial charge in [-0.25, -0.2) is 4.68 Å². The summed E-state index contributed by atoms with van der Waals surface area (Å²) in [5.74, 6) is 2.71. The number of fused-ring (bicyclic) bond motifs is 1. The summed E-state index contributed by atoms with van der Waals surface area (Å²) < 4.78 is 12.7. The molecular weight excluding hydrogens is 254 g/mol. The van der Waals surface area contributed by atoms with Crippen molar-refractivity contribution < 1.29 is 9.47 Å². The Morgan fingerprint density at radius 3 is 2.50 bits per heavy atom. The monoisotopic (exact) mass is 273 g/mol. The predicted molar refractivity (Wildman–Crippen MR) is 78.6 cm³/mol. The fourth-order valence-electron chi connectivity index (χ4n) is 2.64. The van der Waals surface area contributed by atoms with Gasteiger partial charge >= 0.3 is 0 Å². The van der Waals surface area contributed by atoms with Gasteiger partial charge in [0.25, 0.3) is 0 Å². The van der Waals surface area contributed by atoms with Crippen LogP contribution in [0.25, 0.3) is 11.3 Å². The van der Waals surface area contributed by atoms with Gasteiger partial charge in [0.05, 0.1) is 19.9 Å². The number of rotatable bonds is 4. The van der Waals surface area contributed by atoms with Crippen molar-refractivity contribution in [3.8, 4) is 22.8 Å². The molecule has 1 aromatic heterocycles. The Hall–Kier alpha value is -2.17. The van der Waals surface area contributed by atoms with Gasteiger partial charge in [-0.3, -0.25) is 0 Å². The molecule has 2 heterocycles. The van der Waals surface area contributed by atoms with E-state index in [9.17, 15) is 0 Å². The van der Waals surface area contributed by atoms with Crippen molar-refractivity contribution in [1.82, 2.24) is 9.78 Å². The number of benzene rings is 1. The first-order chi connectivity index (χ1) is 9.76. The Balaban J connectivity index is 2.13. The highest BCUT2D eigenvalue weighted by molar-refractivity contribution is 5.73. The summed E-state index contributed by atoms with van der Waals surface area (Å²) in [6, 6.07) is 5.88. The van der Waals surface area contributed by atoms with E-state index < -0.39 is 0 Å². The maximum absolute atomic E-state index is 5.34. The second kappa shape index (κ2) is 5.07. The molecule has 1 aliphatic heterocycles. The normalized spacial score (nSPS) is 12.9. The van der Waals surface area contributed by atoms with Gasteiger partial charge in [-0.2, -0.15) is 5.10 Å². The van der Waals surface area contributed by atoms with Gasteiger partial charge in [0.1, 0.15) is 17.3 Å². The highest BCUT2D eigenvalue weighted by atomic mass is 16.5. The van der Waals surface area contributed by atoms with E-state index in [4.69, 9.17) is 14.6 Å². The lowest BCUT2D eigenvalue weighted by atomic mass is 10.1. The number of aryl methyl sites for hydroxylation is 1. The third-order valence-corrected chi connectivity index (χ3v) is 3.64. The molecule has 0 spiro atoms. The van der Waals surface area contributed by atoms with Crippen LogP contribution in [-0.2, 0) is 13.0 Å². The lowest BCUT2D eigenvalue weighted by molar-refractivity contribution is 0.394. The average molecular weight is 273 g/mol. The first kappa shape index (κ1) is 12.8. The molecular formula is C15H19N3O2. The van der Waals surface area contributed by atoms with Crippen molar-refractivity contribution in [2.75, 3.05) is 26.1 Å². The molecule has 0 unspecified atom stereocenters. The molecule has 0 saturated heterocycles. The Bertz CT molecular complexity index is 612. The fraction of sp³-hybridized carbons (Fsp3) is 0.400. The van der Waals surface area contributed by atoms with Gasteiger partial charge in [0.2, 0.25) is 0 Å². The molecule has 0 atom stereocenters. The Labute approximate surface area is 118 Å². The van der Waals surface area contributed by atoms with Crippen LogP contribution >= 0.6 is 0 Å². The van der Waals surface area contributed by atoms with Crippen LogP contribution in [0.2, 0.25) is 0 Å². The first-order valence-corrected chi connectivity index (χ1v) is 6.83. The van der Waals surface area contributed by atoms with Crippen LogP contribution in [0.4, 0.5) is 5.82 Å². The molecule has 0 bridgehead atoms. The molecule has 5 heteroatoms. The zero-order valence-corrected chi connectivity index (χ0v) is 12.1. The number of nitrogens with zero attached hydrogens (tertiary/aromatic N) is 2. The third-order valence-electron chi connectivity index (χ3n) is 3.64. The van der Waals surface area contributed by atoms with Gasteiger partial charge < -0.3 is 14.8 Å². The van der Waals surface area contributed by atoms with Crippen LogP contribution in [0.3, 0.4) is 0 Å². The number of aromatic nitrogens is 2. The summed E-state index contributed by atoms with van der Waals surface area (Å²) in [6.45, 7) is 3.93. The molecule has 5 nitrogen and oxygen atoms in total. The maximum Gasteiger partial charge on any atom is 0.128 e. The Kier molecular flexibility index (Phi) is 3.26. The van der Waals surface area contributed by atoms with E-state index in [0.29, 0.717) is 0 Å². The van der Waals surface area contributed by atoms with E-state index >= 15 is 0 Å². The quantitative estimate of drug-likeness (QED) is 0.930. The Morgan fingerprint density at radius 2 is 1.90 bits per heavy atom. The zero-order chi connectivity index (χ0) is 14.1. The van der Waals surface area contributed by atoms with Crippen molar-refractivity contribution in [3.05, 3.63) is 23.8 Å². The number of methoxy groups -OCH3 is 2. The summed E-state index contributed by atoms with van der Waals surface area (Å²) in [4.78, 5) is 0. The molecule has 2 aromatic rings. The molecule has 20 heavy (non-hydrogen) atoms. The van der Waals surface area contributed by atoms with Crippen molar-refractivity contribution in [2.24, 2.45) is 0 Å². The third kappa shape index (κ3) is 1.99. The summed E-state index contributed by atoms with van der Waals surface area (Å²) in [5.41, 5.74) is 3.33. The Morgan fingerprint density at radius 1 is 1.20 bits per heavy atom. The smallest absolute Gasteiger partial charge is 0.128 e. The minimum absolute atomic E-state index is 0.783. The van der Waals surface area contributed by atoms with Gasteiger partial charge in [0.15, 0.2) is 0 Å². The second-order valence-corrected chi connectivity index (χ2v) is 4.77. The number of nitrogens with one attached hydrogen (secondary N) is 1. The van der Waals surface area contributed by atoms with Crippen LogP contribution in [0.5, 0.6) is 11.5 Å². The lowest BCUT2D eigenvalue weighted by Gasteiger charge is -2.07. The van der Waals surface area contributed by atoms with Crippen LogP contribution in [-0.4, -0.2) is 30.5 Å². The van der Waals surface area contributed by atoms with Crippen molar-refractivity contribution in [1.29, 1.82) is 0 Å². The molecule has 106 valence electrons. The van der Waals surface area contributed by atoms with Crippen LogP contribution in [0.1, 0.15) is 12.5 Å². The van der Waals surface area contributed by atoms with Gasteiger partial charge in [0, 0.05) is 30.3 Å². The molecule has 0 amide bonds. The number of ether oxygens (including phenoxy) is 2. The van der Waals surface area contributed by atoms with Gasteiger partial charge in [-0.1, -0.05) is 0 Å². The average Bonchev–Trinajstić information content (AvgIpc) is 3.08. The van der Waals surface area contributed by atoms with E-state index in [1.54, 1.807) is 14.2 Å². The van der Waals surface area contributed by atoms with Crippen LogP contribution in [0, 0.1) is 0 Å². The fourth-order valence-corrected chi connectivity index (χ4v) is 2.64. The van der Waals surface area contributed by atoms with E-state index in [1.165, 1.54) is 5.56 Å². The molecule has 0 aliphatic carbocycles. The topological polar surface area (TPSA) is 48.3 Å². The van der Waals surface area contributed by atoms with Crippen LogP contribution < -0.4 is 14.8 Å². The number of hydrogen-bond acceptors (Lipinski definition) is 4. The summed E-state index contributed by atoms with van der Waals surface area (Å²) in [5, 5.41) is 8.12. The molecule has 1 aromatic carbocycles.